The van der Waals surface area contributed by atoms with Crippen LogP contribution in [0, 0.1) is 18.3 Å². The van der Waals surface area contributed by atoms with Gasteiger partial charge >= 0.3 is 0 Å². The Hall–Kier alpha value is -3.65. The summed E-state index contributed by atoms with van der Waals surface area (Å²) in [6.45, 7) is 5.76. The Labute approximate surface area is 145 Å². The van der Waals surface area contributed by atoms with Crippen LogP contribution in [0.2, 0.25) is 0 Å². The van der Waals surface area contributed by atoms with Crippen molar-refractivity contribution in [3.05, 3.63) is 83.6 Å². The number of hydrogen-bond donors (Lipinski definition) is 2. The molecule has 0 saturated carbocycles. The molecule has 2 aromatic carbocycles. The van der Waals surface area contributed by atoms with Crippen molar-refractivity contribution in [3.63, 3.8) is 0 Å². The fraction of sp³-hybridized carbons (Fsp3) is 0.0500. The first kappa shape index (κ1) is 16.2. The lowest BCUT2D eigenvalue weighted by molar-refractivity contribution is 0.0944. The van der Waals surface area contributed by atoms with Gasteiger partial charge in [-0.1, -0.05) is 36.9 Å². The molecule has 0 radical (unpaired) electrons. The minimum Gasteiger partial charge on any atom is -0.298 e. The van der Waals surface area contributed by atoms with E-state index in [1.165, 1.54) is 0 Å². The molecular formula is C20H16N4O. The molecule has 1 amide bonds. The van der Waals surface area contributed by atoms with Crippen molar-refractivity contribution in [2.75, 3.05) is 0 Å². The number of aryl methyl sites for hydroxylation is 1. The Balaban J connectivity index is 1.76. The van der Waals surface area contributed by atoms with Crippen molar-refractivity contribution < 1.29 is 4.79 Å². The molecule has 0 spiro atoms. The Bertz CT molecular complexity index is 1000. The van der Waals surface area contributed by atoms with E-state index in [4.69, 9.17) is 5.26 Å². The molecule has 0 unspecified atom stereocenters. The fourth-order valence-electron chi connectivity index (χ4n) is 2.51. The fourth-order valence-corrected chi connectivity index (χ4v) is 2.51. The lowest BCUT2D eigenvalue weighted by Crippen LogP contribution is -2.36. The Morgan fingerprint density at radius 1 is 1.12 bits per heavy atom. The molecule has 2 N–H and O–H groups in total. The second-order valence-electron chi connectivity index (χ2n) is 5.58. The van der Waals surface area contributed by atoms with Gasteiger partial charge < -0.3 is 0 Å². The number of fused-ring (bicyclic) bond motifs is 1. The maximum absolute atomic E-state index is 12.6. The van der Waals surface area contributed by atoms with Crippen LogP contribution in [-0.2, 0) is 0 Å². The SMILES string of the molecule is C=C(NNC(=O)c1cc(C)nc2ccccc12)c1ccc(C#N)cc1. The molecule has 3 rings (SSSR count). The van der Waals surface area contributed by atoms with E-state index in [0.717, 1.165) is 22.2 Å². The molecular weight excluding hydrogens is 312 g/mol. The van der Waals surface area contributed by atoms with Crippen LogP contribution >= 0.6 is 0 Å². The molecule has 5 nitrogen and oxygen atoms in total. The van der Waals surface area contributed by atoms with Crippen molar-refractivity contribution in [3.8, 4) is 6.07 Å². The number of rotatable bonds is 4. The largest absolute Gasteiger partial charge is 0.298 e. The van der Waals surface area contributed by atoms with Gasteiger partial charge in [0.25, 0.3) is 5.91 Å². The average molecular weight is 328 g/mol. The molecule has 0 aliphatic heterocycles. The summed E-state index contributed by atoms with van der Waals surface area (Å²) in [7, 11) is 0. The van der Waals surface area contributed by atoms with Gasteiger partial charge in [-0.3, -0.25) is 20.6 Å². The standard InChI is InChI=1S/C20H16N4O/c1-13-11-18(17-5-3-4-6-19(17)22-13)20(25)24-23-14(2)16-9-7-15(12-21)8-10-16/h3-11,23H,2H2,1H3,(H,24,25). The summed E-state index contributed by atoms with van der Waals surface area (Å²) in [4.78, 5) is 17.0. The van der Waals surface area contributed by atoms with Gasteiger partial charge in [0, 0.05) is 11.1 Å². The molecule has 122 valence electrons. The molecule has 0 bridgehead atoms. The average Bonchev–Trinajstić information content (AvgIpc) is 2.65. The minimum absolute atomic E-state index is 0.267. The first-order valence-corrected chi connectivity index (χ1v) is 7.70. The van der Waals surface area contributed by atoms with Gasteiger partial charge in [0.2, 0.25) is 0 Å². The number of carbonyl (C=O) groups excluding carboxylic acids is 1. The number of amides is 1. The van der Waals surface area contributed by atoms with E-state index in [1.54, 1.807) is 30.3 Å². The van der Waals surface area contributed by atoms with E-state index in [2.05, 4.69) is 28.5 Å². The lowest BCUT2D eigenvalue weighted by Gasteiger charge is -2.13. The first-order chi connectivity index (χ1) is 12.1. The number of aromatic nitrogens is 1. The second kappa shape index (κ2) is 6.85. The molecule has 0 aliphatic rings. The Kier molecular flexibility index (Phi) is 4.44. The third-order valence-corrected chi connectivity index (χ3v) is 3.78. The van der Waals surface area contributed by atoms with E-state index >= 15 is 0 Å². The van der Waals surface area contributed by atoms with Gasteiger partial charge in [-0.2, -0.15) is 5.26 Å². The summed E-state index contributed by atoms with van der Waals surface area (Å²) in [5, 5.41) is 9.62. The molecule has 0 atom stereocenters. The predicted octanol–water partition coefficient (Wildman–Crippen LogP) is 3.32. The molecule has 0 saturated heterocycles. The van der Waals surface area contributed by atoms with E-state index in [-0.39, 0.29) is 5.91 Å². The van der Waals surface area contributed by atoms with E-state index in [1.807, 2.05) is 31.2 Å². The van der Waals surface area contributed by atoms with Crippen molar-refractivity contribution in [2.24, 2.45) is 0 Å². The highest BCUT2D eigenvalue weighted by atomic mass is 16.2. The summed E-state index contributed by atoms with van der Waals surface area (Å²) in [5.41, 5.74) is 9.47. The highest BCUT2D eigenvalue weighted by molar-refractivity contribution is 6.06. The van der Waals surface area contributed by atoms with Crippen LogP contribution in [-0.4, -0.2) is 10.9 Å². The zero-order valence-electron chi connectivity index (χ0n) is 13.7. The predicted molar refractivity (Wildman–Crippen MR) is 97.3 cm³/mol. The van der Waals surface area contributed by atoms with Crippen molar-refractivity contribution in [1.82, 2.24) is 15.8 Å². The zero-order valence-corrected chi connectivity index (χ0v) is 13.7. The number of carbonyl (C=O) groups is 1. The van der Waals surface area contributed by atoms with Gasteiger partial charge in [-0.05, 0) is 36.8 Å². The molecule has 0 aliphatic carbocycles. The van der Waals surface area contributed by atoms with Gasteiger partial charge in [0.15, 0.2) is 0 Å². The van der Waals surface area contributed by atoms with E-state index in [0.29, 0.717) is 16.8 Å². The Morgan fingerprint density at radius 3 is 2.56 bits per heavy atom. The lowest BCUT2D eigenvalue weighted by atomic mass is 10.1. The highest BCUT2D eigenvalue weighted by Crippen LogP contribution is 2.18. The van der Waals surface area contributed by atoms with Crippen LogP contribution in [0.3, 0.4) is 0 Å². The van der Waals surface area contributed by atoms with Gasteiger partial charge in [-0.25, -0.2) is 0 Å². The minimum atomic E-state index is -0.267. The molecule has 3 aromatic rings. The zero-order chi connectivity index (χ0) is 17.8. The van der Waals surface area contributed by atoms with Crippen LogP contribution in [0.1, 0.15) is 27.2 Å². The number of nitriles is 1. The highest BCUT2D eigenvalue weighted by Gasteiger charge is 2.12. The molecule has 25 heavy (non-hydrogen) atoms. The Morgan fingerprint density at radius 2 is 1.84 bits per heavy atom. The van der Waals surface area contributed by atoms with Gasteiger partial charge in [-0.15, -0.1) is 0 Å². The third kappa shape index (κ3) is 3.48. The number of nitrogens with one attached hydrogen (secondary N) is 2. The van der Waals surface area contributed by atoms with Crippen LogP contribution in [0.25, 0.3) is 16.6 Å². The topological polar surface area (TPSA) is 77.8 Å². The monoisotopic (exact) mass is 328 g/mol. The van der Waals surface area contributed by atoms with Crippen LogP contribution in [0.5, 0.6) is 0 Å². The van der Waals surface area contributed by atoms with Crippen molar-refractivity contribution in [1.29, 1.82) is 5.26 Å². The number of hydrazine groups is 1. The molecule has 1 heterocycles. The third-order valence-electron chi connectivity index (χ3n) is 3.78. The number of hydrogen-bond acceptors (Lipinski definition) is 4. The summed E-state index contributed by atoms with van der Waals surface area (Å²) in [5.74, 6) is -0.267. The molecule has 1 aromatic heterocycles. The summed E-state index contributed by atoms with van der Waals surface area (Å²) < 4.78 is 0. The number of pyridine rings is 1. The van der Waals surface area contributed by atoms with Crippen molar-refractivity contribution in [2.45, 2.75) is 6.92 Å². The first-order valence-electron chi connectivity index (χ1n) is 7.70. The van der Waals surface area contributed by atoms with Gasteiger partial charge in [0.05, 0.1) is 28.4 Å². The number of benzene rings is 2. The normalized spacial score (nSPS) is 10.1. The maximum atomic E-state index is 12.6. The maximum Gasteiger partial charge on any atom is 0.270 e. The van der Waals surface area contributed by atoms with E-state index < -0.39 is 0 Å². The quantitative estimate of drug-likeness (QED) is 0.720. The molecule has 5 heteroatoms. The summed E-state index contributed by atoms with van der Waals surface area (Å²) in [6, 6.07) is 18.3. The van der Waals surface area contributed by atoms with Crippen LogP contribution in [0.15, 0.2) is 61.2 Å². The van der Waals surface area contributed by atoms with Crippen molar-refractivity contribution >= 4 is 22.5 Å². The van der Waals surface area contributed by atoms with E-state index in [9.17, 15) is 4.79 Å². The summed E-state index contributed by atoms with van der Waals surface area (Å²) >= 11 is 0. The summed E-state index contributed by atoms with van der Waals surface area (Å²) in [6.07, 6.45) is 0. The van der Waals surface area contributed by atoms with Crippen LogP contribution < -0.4 is 10.9 Å². The molecule has 0 fully saturated rings. The second-order valence-corrected chi connectivity index (χ2v) is 5.58. The number of para-hydroxylation sites is 1. The number of nitrogens with zero attached hydrogens (tertiary/aromatic N) is 2. The van der Waals surface area contributed by atoms with Crippen LogP contribution in [0.4, 0.5) is 0 Å². The van der Waals surface area contributed by atoms with Gasteiger partial charge in [0.1, 0.15) is 0 Å². The smallest absolute Gasteiger partial charge is 0.270 e.